The monoisotopic (exact) mass is 375 g/mol. The van der Waals surface area contributed by atoms with Gasteiger partial charge in [-0.3, -0.25) is 4.57 Å². The number of nitrogen functional groups attached to an aromatic ring is 1. The fourth-order valence-corrected chi connectivity index (χ4v) is 3.28. The zero-order valence-electron chi connectivity index (χ0n) is 14.5. The van der Waals surface area contributed by atoms with Crippen LogP contribution in [-0.4, -0.2) is 38.2 Å². The van der Waals surface area contributed by atoms with Gasteiger partial charge in [0, 0.05) is 0 Å². The standard InChI is InChI=1S/C18H19F2N5O2/c19-17(20)18(9-26-8-12-4-2-1-3-5-12)7-6-13(27-18)25-11-24-14-15(21)22-10-23-16(14)25/h1-5,10-11,13,17H,6-9H2,(H2,21,22,23). The predicted molar refractivity (Wildman–Crippen MR) is 93.9 cm³/mol. The predicted octanol–water partition coefficient (Wildman–Crippen LogP) is 2.94. The van der Waals surface area contributed by atoms with E-state index >= 15 is 0 Å². The van der Waals surface area contributed by atoms with Crippen LogP contribution in [-0.2, 0) is 16.1 Å². The van der Waals surface area contributed by atoms with Crippen LogP contribution in [0.1, 0.15) is 24.6 Å². The number of aromatic nitrogens is 4. The van der Waals surface area contributed by atoms with E-state index in [9.17, 15) is 8.78 Å². The maximum atomic E-state index is 13.8. The molecule has 1 aliphatic heterocycles. The molecular formula is C18H19F2N5O2. The van der Waals surface area contributed by atoms with Crippen molar-refractivity contribution in [1.29, 1.82) is 0 Å². The molecule has 0 amide bonds. The number of nitrogens with zero attached hydrogens (tertiary/aromatic N) is 4. The molecule has 0 spiro atoms. The first-order chi connectivity index (χ1) is 13.1. The Morgan fingerprint density at radius 2 is 2.07 bits per heavy atom. The molecule has 2 N–H and O–H groups in total. The second-order valence-electron chi connectivity index (χ2n) is 6.54. The van der Waals surface area contributed by atoms with Gasteiger partial charge in [0.05, 0.1) is 19.5 Å². The molecular weight excluding hydrogens is 356 g/mol. The van der Waals surface area contributed by atoms with E-state index in [4.69, 9.17) is 15.2 Å². The maximum Gasteiger partial charge on any atom is 0.269 e. The first kappa shape index (κ1) is 17.7. The summed E-state index contributed by atoms with van der Waals surface area (Å²) >= 11 is 0. The molecule has 9 heteroatoms. The Balaban J connectivity index is 1.49. The molecule has 0 aliphatic carbocycles. The van der Waals surface area contributed by atoms with E-state index < -0.39 is 18.3 Å². The molecule has 2 aromatic heterocycles. The smallest absolute Gasteiger partial charge is 0.269 e. The first-order valence-electron chi connectivity index (χ1n) is 8.60. The summed E-state index contributed by atoms with van der Waals surface area (Å²) in [6, 6.07) is 9.41. The molecule has 1 fully saturated rings. The van der Waals surface area contributed by atoms with Crippen LogP contribution in [0.2, 0.25) is 0 Å². The van der Waals surface area contributed by atoms with Crippen LogP contribution >= 0.6 is 0 Å². The van der Waals surface area contributed by atoms with Crippen molar-refractivity contribution >= 4 is 17.0 Å². The molecule has 4 rings (SSSR count). The highest BCUT2D eigenvalue weighted by molar-refractivity contribution is 5.81. The van der Waals surface area contributed by atoms with Crippen molar-refractivity contribution in [2.45, 2.75) is 37.7 Å². The molecule has 1 aliphatic rings. The Bertz CT molecular complexity index is 921. The van der Waals surface area contributed by atoms with Gasteiger partial charge >= 0.3 is 0 Å². The number of rotatable bonds is 6. The average molecular weight is 375 g/mol. The van der Waals surface area contributed by atoms with E-state index in [1.54, 1.807) is 4.57 Å². The molecule has 3 heterocycles. The lowest BCUT2D eigenvalue weighted by Crippen LogP contribution is -2.42. The lowest BCUT2D eigenvalue weighted by atomic mass is 10.0. The minimum atomic E-state index is -2.67. The van der Waals surface area contributed by atoms with Crippen LogP contribution in [0.25, 0.3) is 11.2 Å². The number of fused-ring (bicyclic) bond motifs is 1. The maximum absolute atomic E-state index is 13.8. The van der Waals surface area contributed by atoms with Gasteiger partial charge in [0.1, 0.15) is 18.1 Å². The summed E-state index contributed by atoms with van der Waals surface area (Å²) in [6.07, 6.45) is 0.0889. The highest BCUT2D eigenvalue weighted by Gasteiger charge is 2.49. The SMILES string of the molecule is Nc1ncnc2c1ncn2C1CCC(COCc2ccccc2)(C(F)F)O1. The van der Waals surface area contributed by atoms with Crippen molar-refractivity contribution in [1.82, 2.24) is 19.5 Å². The highest BCUT2D eigenvalue weighted by Crippen LogP contribution is 2.41. The Kier molecular flexibility index (Phi) is 4.71. The van der Waals surface area contributed by atoms with E-state index in [0.29, 0.717) is 17.6 Å². The summed E-state index contributed by atoms with van der Waals surface area (Å²) in [4.78, 5) is 12.2. The van der Waals surface area contributed by atoms with E-state index in [1.807, 2.05) is 30.3 Å². The van der Waals surface area contributed by atoms with Gasteiger partial charge in [0.2, 0.25) is 0 Å². The number of benzene rings is 1. The minimum Gasteiger partial charge on any atom is -0.382 e. The van der Waals surface area contributed by atoms with Gasteiger partial charge in [-0.05, 0) is 18.4 Å². The molecule has 1 saturated heterocycles. The molecule has 1 aromatic carbocycles. The fourth-order valence-electron chi connectivity index (χ4n) is 3.28. The van der Waals surface area contributed by atoms with Crippen LogP contribution < -0.4 is 5.73 Å². The topological polar surface area (TPSA) is 88.1 Å². The second kappa shape index (κ2) is 7.16. The summed E-state index contributed by atoms with van der Waals surface area (Å²) in [7, 11) is 0. The van der Waals surface area contributed by atoms with Crippen LogP contribution in [0, 0.1) is 0 Å². The van der Waals surface area contributed by atoms with Crippen molar-refractivity contribution in [3.63, 3.8) is 0 Å². The third-order valence-electron chi connectivity index (χ3n) is 4.74. The van der Waals surface area contributed by atoms with E-state index in [0.717, 1.165) is 5.56 Å². The number of hydrogen-bond acceptors (Lipinski definition) is 6. The van der Waals surface area contributed by atoms with Crippen LogP contribution in [0.4, 0.5) is 14.6 Å². The van der Waals surface area contributed by atoms with Crippen LogP contribution in [0.5, 0.6) is 0 Å². The fraction of sp³-hybridized carbons (Fsp3) is 0.389. The van der Waals surface area contributed by atoms with Crippen molar-refractivity contribution in [3.05, 3.63) is 48.5 Å². The molecule has 2 unspecified atom stereocenters. The molecule has 27 heavy (non-hydrogen) atoms. The van der Waals surface area contributed by atoms with E-state index in [1.165, 1.54) is 12.7 Å². The molecule has 2 atom stereocenters. The lowest BCUT2D eigenvalue weighted by Gasteiger charge is -2.28. The summed E-state index contributed by atoms with van der Waals surface area (Å²) in [5.41, 5.74) is 5.93. The molecule has 142 valence electrons. The van der Waals surface area contributed by atoms with Crippen molar-refractivity contribution in [3.8, 4) is 0 Å². The van der Waals surface area contributed by atoms with Crippen molar-refractivity contribution in [2.24, 2.45) is 0 Å². The largest absolute Gasteiger partial charge is 0.382 e. The van der Waals surface area contributed by atoms with Gasteiger partial charge in [-0.2, -0.15) is 0 Å². The van der Waals surface area contributed by atoms with E-state index in [-0.39, 0.29) is 25.5 Å². The molecule has 0 bridgehead atoms. The van der Waals surface area contributed by atoms with Crippen LogP contribution in [0.15, 0.2) is 43.0 Å². The van der Waals surface area contributed by atoms with Crippen molar-refractivity contribution < 1.29 is 18.3 Å². The molecule has 7 nitrogen and oxygen atoms in total. The molecule has 0 radical (unpaired) electrons. The third kappa shape index (κ3) is 3.35. The van der Waals surface area contributed by atoms with Gasteiger partial charge < -0.3 is 15.2 Å². The Morgan fingerprint density at radius 3 is 2.85 bits per heavy atom. The molecule has 0 saturated carbocycles. The number of halogens is 2. The lowest BCUT2D eigenvalue weighted by molar-refractivity contribution is -0.179. The van der Waals surface area contributed by atoms with Gasteiger partial charge in [-0.15, -0.1) is 0 Å². The van der Waals surface area contributed by atoms with E-state index in [2.05, 4.69) is 15.0 Å². The number of anilines is 1. The third-order valence-corrected chi connectivity index (χ3v) is 4.74. The Hall–Kier alpha value is -2.65. The summed E-state index contributed by atoms with van der Waals surface area (Å²) in [5, 5.41) is 0. The zero-order chi connectivity index (χ0) is 18.9. The number of nitrogens with two attached hydrogens (primary N) is 1. The molecule has 3 aromatic rings. The summed E-state index contributed by atoms with van der Waals surface area (Å²) in [6.45, 7) is 0.0565. The van der Waals surface area contributed by atoms with Crippen LogP contribution in [0.3, 0.4) is 0 Å². The number of alkyl halides is 2. The number of ether oxygens (including phenoxy) is 2. The quantitative estimate of drug-likeness (QED) is 0.713. The second-order valence-corrected chi connectivity index (χ2v) is 6.54. The number of imidazole rings is 1. The summed E-state index contributed by atoms with van der Waals surface area (Å²) in [5.74, 6) is 0.239. The van der Waals surface area contributed by atoms with Gasteiger partial charge in [0.25, 0.3) is 6.43 Å². The highest BCUT2D eigenvalue weighted by atomic mass is 19.3. The minimum absolute atomic E-state index is 0.171. The van der Waals surface area contributed by atoms with Crippen molar-refractivity contribution in [2.75, 3.05) is 12.3 Å². The normalized spacial score (nSPS) is 22.7. The first-order valence-corrected chi connectivity index (χ1v) is 8.60. The Morgan fingerprint density at radius 1 is 1.26 bits per heavy atom. The van der Waals surface area contributed by atoms with Gasteiger partial charge in [-0.25, -0.2) is 23.7 Å². The van der Waals surface area contributed by atoms with Gasteiger partial charge in [0.15, 0.2) is 17.1 Å². The zero-order valence-corrected chi connectivity index (χ0v) is 14.5. The average Bonchev–Trinajstić information content (AvgIpc) is 3.28. The number of hydrogen-bond donors (Lipinski definition) is 1. The summed E-state index contributed by atoms with van der Waals surface area (Å²) < 4.78 is 40.6. The van der Waals surface area contributed by atoms with Gasteiger partial charge in [-0.1, -0.05) is 30.3 Å². The Labute approximate surface area is 154 Å².